The van der Waals surface area contributed by atoms with Gasteiger partial charge in [0.1, 0.15) is 12.4 Å². The summed E-state index contributed by atoms with van der Waals surface area (Å²) >= 11 is 0. The number of hydrogen-bond donors (Lipinski definition) is 1. The number of likely N-dealkylation sites (tertiary alicyclic amines) is 1. The first-order chi connectivity index (χ1) is 8.88. The number of ether oxygens (including phenoxy) is 1. The molecule has 0 bridgehead atoms. The molecule has 0 aliphatic carbocycles. The molecule has 0 amide bonds. The highest BCUT2D eigenvalue weighted by atomic mass is 16.5. The van der Waals surface area contributed by atoms with Gasteiger partial charge in [0.2, 0.25) is 0 Å². The molecule has 18 heavy (non-hydrogen) atoms. The van der Waals surface area contributed by atoms with Gasteiger partial charge < -0.3 is 10.5 Å². The quantitative estimate of drug-likeness (QED) is 0.869. The Hall–Kier alpha value is -1.06. The van der Waals surface area contributed by atoms with E-state index < -0.39 is 0 Å². The summed E-state index contributed by atoms with van der Waals surface area (Å²) in [5.74, 6) is 0.938. The van der Waals surface area contributed by atoms with E-state index in [-0.39, 0.29) is 0 Å². The molecule has 3 nitrogen and oxygen atoms in total. The van der Waals surface area contributed by atoms with E-state index in [0.717, 1.165) is 24.5 Å². The van der Waals surface area contributed by atoms with Crippen molar-refractivity contribution in [2.45, 2.75) is 32.2 Å². The lowest BCUT2D eigenvalue weighted by molar-refractivity contribution is 0.214. The van der Waals surface area contributed by atoms with Crippen LogP contribution in [-0.4, -0.2) is 31.1 Å². The molecule has 1 aliphatic heterocycles. The van der Waals surface area contributed by atoms with Crippen LogP contribution in [0, 0.1) is 0 Å². The molecule has 0 unspecified atom stereocenters. The minimum Gasteiger partial charge on any atom is -0.492 e. The molecule has 2 N–H and O–H groups in total. The molecule has 1 aliphatic rings. The van der Waals surface area contributed by atoms with Crippen LogP contribution in [0.5, 0.6) is 5.75 Å². The zero-order valence-corrected chi connectivity index (χ0v) is 11.1. The van der Waals surface area contributed by atoms with E-state index in [2.05, 4.69) is 4.90 Å². The molecule has 1 aromatic carbocycles. The third kappa shape index (κ3) is 4.31. The van der Waals surface area contributed by atoms with Gasteiger partial charge in [0, 0.05) is 13.1 Å². The third-order valence-corrected chi connectivity index (χ3v) is 3.51. The van der Waals surface area contributed by atoms with Crippen LogP contribution in [-0.2, 0) is 6.54 Å². The molecular weight excluding hydrogens is 224 g/mol. The fourth-order valence-corrected chi connectivity index (χ4v) is 2.41. The Morgan fingerprint density at radius 3 is 2.61 bits per heavy atom. The monoisotopic (exact) mass is 248 g/mol. The van der Waals surface area contributed by atoms with Crippen molar-refractivity contribution in [1.29, 1.82) is 0 Å². The van der Waals surface area contributed by atoms with E-state index in [4.69, 9.17) is 10.5 Å². The maximum Gasteiger partial charge on any atom is 0.119 e. The third-order valence-electron chi connectivity index (χ3n) is 3.51. The summed E-state index contributed by atoms with van der Waals surface area (Å²) in [5.41, 5.74) is 6.74. The molecule has 0 atom stereocenters. The molecule has 1 saturated heterocycles. The molecule has 3 heteroatoms. The zero-order chi connectivity index (χ0) is 12.6. The van der Waals surface area contributed by atoms with Gasteiger partial charge in [-0.3, -0.25) is 4.90 Å². The molecule has 0 aromatic heterocycles. The molecule has 1 aromatic rings. The van der Waals surface area contributed by atoms with Crippen molar-refractivity contribution < 1.29 is 4.74 Å². The van der Waals surface area contributed by atoms with Gasteiger partial charge in [-0.05, 0) is 43.6 Å². The van der Waals surface area contributed by atoms with Crippen molar-refractivity contribution in [3.63, 3.8) is 0 Å². The van der Waals surface area contributed by atoms with Crippen LogP contribution in [0.25, 0.3) is 0 Å². The van der Waals surface area contributed by atoms with Crippen LogP contribution in [0.1, 0.15) is 31.2 Å². The average Bonchev–Trinajstić information content (AvgIpc) is 2.68. The Labute approximate surface area is 110 Å². The smallest absolute Gasteiger partial charge is 0.119 e. The lowest BCUT2D eigenvalue weighted by atomic mass is 10.2. The molecule has 0 radical (unpaired) electrons. The number of nitrogens with two attached hydrogens (primary N) is 1. The summed E-state index contributed by atoms with van der Waals surface area (Å²) < 4.78 is 5.79. The Kier molecular flexibility index (Phi) is 5.49. The topological polar surface area (TPSA) is 38.5 Å². The predicted molar refractivity (Wildman–Crippen MR) is 74.7 cm³/mol. The Morgan fingerprint density at radius 2 is 1.89 bits per heavy atom. The molecule has 100 valence electrons. The first-order valence-corrected chi connectivity index (χ1v) is 7.02. The van der Waals surface area contributed by atoms with E-state index in [1.807, 2.05) is 24.3 Å². The molecule has 2 rings (SSSR count). The standard InChI is InChI=1S/C15H24N2O/c16-13-14-6-5-7-15(12-14)18-11-10-17-8-3-1-2-4-9-17/h5-7,12H,1-4,8-11,13,16H2. The van der Waals surface area contributed by atoms with Crippen molar-refractivity contribution in [1.82, 2.24) is 4.90 Å². The fraction of sp³-hybridized carbons (Fsp3) is 0.600. The van der Waals surface area contributed by atoms with Gasteiger partial charge in [0.05, 0.1) is 0 Å². The van der Waals surface area contributed by atoms with Crippen molar-refractivity contribution in [2.24, 2.45) is 5.73 Å². The number of rotatable bonds is 5. The summed E-state index contributed by atoms with van der Waals surface area (Å²) in [4.78, 5) is 2.51. The summed E-state index contributed by atoms with van der Waals surface area (Å²) in [6.45, 7) is 4.84. The number of benzene rings is 1. The predicted octanol–water partition coefficient (Wildman–Crippen LogP) is 2.40. The Bertz CT molecular complexity index is 346. The van der Waals surface area contributed by atoms with Gasteiger partial charge in [-0.2, -0.15) is 0 Å². The summed E-state index contributed by atoms with van der Waals surface area (Å²) in [6, 6.07) is 8.06. The molecule has 1 heterocycles. The number of nitrogens with zero attached hydrogens (tertiary/aromatic N) is 1. The van der Waals surface area contributed by atoms with E-state index >= 15 is 0 Å². The summed E-state index contributed by atoms with van der Waals surface area (Å²) in [7, 11) is 0. The van der Waals surface area contributed by atoms with Crippen molar-refractivity contribution in [3.8, 4) is 5.75 Å². The van der Waals surface area contributed by atoms with E-state index in [9.17, 15) is 0 Å². The van der Waals surface area contributed by atoms with Gasteiger partial charge in [-0.1, -0.05) is 25.0 Å². The minimum atomic E-state index is 0.573. The van der Waals surface area contributed by atoms with Gasteiger partial charge in [0.25, 0.3) is 0 Å². The normalized spacial score (nSPS) is 17.4. The van der Waals surface area contributed by atoms with Crippen LogP contribution >= 0.6 is 0 Å². The molecule has 0 spiro atoms. The van der Waals surface area contributed by atoms with Crippen molar-refractivity contribution in [3.05, 3.63) is 29.8 Å². The van der Waals surface area contributed by atoms with Crippen molar-refractivity contribution in [2.75, 3.05) is 26.2 Å². The average molecular weight is 248 g/mol. The van der Waals surface area contributed by atoms with Crippen LogP contribution < -0.4 is 10.5 Å². The lowest BCUT2D eigenvalue weighted by Gasteiger charge is -2.19. The second kappa shape index (κ2) is 7.39. The largest absolute Gasteiger partial charge is 0.492 e. The van der Waals surface area contributed by atoms with E-state index in [1.165, 1.54) is 38.8 Å². The highest BCUT2D eigenvalue weighted by Crippen LogP contribution is 2.13. The minimum absolute atomic E-state index is 0.573. The van der Waals surface area contributed by atoms with Gasteiger partial charge >= 0.3 is 0 Å². The van der Waals surface area contributed by atoms with Gasteiger partial charge in [0.15, 0.2) is 0 Å². The van der Waals surface area contributed by atoms with Crippen LogP contribution in [0.15, 0.2) is 24.3 Å². The first kappa shape index (κ1) is 13.4. The number of hydrogen-bond acceptors (Lipinski definition) is 3. The van der Waals surface area contributed by atoms with E-state index in [0.29, 0.717) is 6.54 Å². The lowest BCUT2D eigenvalue weighted by Crippen LogP contribution is -2.29. The Morgan fingerprint density at radius 1 is 1.11 bits per heavy atom. The summed E-state index contributed by atoms with van der Waals surface area (Å²) in [5, 5.41) is 0. The highest BCUT2D eigenvalue weighted by Gasteiger charge is 2.08. The second-order valence-electron chi connectivity index (χ2n) is 4.96. The van der Waals surface area contributed by atoms with Crippen LogP contribution in [0.3, 0.4) is 0 Å². The summed E-state index contributed by atoms with van der Waals surface area (Å²) in [6.07, 6.45) is 5.44. The van der Waals surface area contributed by atoms with Crippen LogP contribution in [0.2, 0.25) is 0 Å². The van der Waals surface area contributed by atoms with Gasteiger partial charge in [-0.25, -0.2) is 0 Å². The second-order valence-corrected chi connectivity index (χ2v) is 4.96. The Balaban J connectivity index is 1.73. The zero-order valence-electron chi connectivity index (χ0n) is 11.1. The maximum atomic E-state index is 5.79. The maximum absolute atomic E-state index is 5.79. The highest BCUT2D eigenvalue weighted by molar-refractivity contribution is 5.28. The molecular formula is C15H24N2O. The fourth-order valence-electron chi connectivity index (χ4n) is 2.41. The van der Waals surface area contributed by atoms with Crippen molar-refractivity contribution >= 4 is 0 Å². The van der Waals surface area contributed by atoms with Crippen LogP contribution in [0.4, 0.5) is 0 Å². The SMILES string of the molecule is NCc1cccc(OCCN2CCCCCC2)c1. The molecule has 0 saturated carbocycles. The van der Waals surface area contributed by atoms with Gasteiger partial charge in [-0.15, -0.1) is 0 Å². The molecule has 1 fully saturated rings. The first-order valence-electron chi connectivity index (χ1n) is 7.02. The van der Waals surface area contributed by atoms with E-state index in [1.54, 1.807) is 0 Å².